The Morgan fingerprint density at radius 1 is 1.14 bits per heavy atom. The van der Waals surface area contributed by atoms with Crippen LogP contribution in [-0.2, 0) is 12.2 Å². The second-order valence-corrected chi connectivity index (χ2v) is 10.4. The Balaban J connectivity index is 1.14. The van der Waals surface area contributed by atoms with Crippen LogP contribution in [0.3, 0.4) is 0 Å². The van der Waals surface area contributed by atoms with Crippen LogP contribution in [0.4, 0.5) is 8.78 Å². The van der Waals surface area contributed by atoms with Gasteiger partial charge >= 0.3 is 0 Å². The molecule has 3 aromatic rings. The highest BCUT2D eigenvalue weighted by molar-refractivity contribution is 7.98. The van der Waals surface area contributed by atoms with Crippen LogP contribution < -0.4 is 15.6 Å². The number of rotatable bonds is 5. The highest BCUT2D eigenvalue weighted by atomic mass is 32.2. The van der Waals surface area contributed by atoms with Crippen molar-refractivity contribution in [3.8, 4) is 11.5 Å². The maximum atomic E-state index is 14.7. The molecule has 186 valence electrons. The number of fused-ring (bicyclic) bond motifs is 3. The number of nitrogens with zero attached hydrogens (tertiary/aromatic N) is 2. The van der Waals surface area contributed by atoms with E-state index in [0.717, 1.165) is 22.9 Å². The average Bonchev–Trinajstić information content (AvgIpc) is 3.65. The van der Waals surface area contributed by atoms with Crippen molar-refractivity contribution < 1.29 is 23.4 Å². The van der Waals surface area contributed by atoms with Crippen LogP contribution in [0.5, 0.6) is 11.5 Å². The Morgan fingerprint density at radius 2 is 1.97 bits per heavy atom. The van der Waals surface area contributed by atoms with Crippen molar-refractivity contribution in [2.24, 2.45) is 11.8 Å². The van der Waals surface area contributed by atoms with Gasteiger partial charge in [0.2, 0.25) is 5.43 Å². The van der Waals surface area contributed by atoms with Crippen LogP contribution in [0.2, 0.25) is 0 Å². The molecule has 2 N–H and O–H groups in total. The van der Waals surface area contributed by atoms with Gasteiger partial charge < -0.3 is 20.2 Å². The Hall–Kier alpha value is -3.53. The first-order valence-electron chi connectivity index (χ1n) is 11.7. The maximum absolute atomic E-state index is 14.7. The van der Waals surface area contributed by atoms with Gasteiger partial charge in [-0.1, -0.05) is 18.2 Å². The normalized spacial score (nSPS) is 20.1. The second kappa shape index (κ2) is 8.85. The molecule has 10 heteroatoms. The molecule has 0 radical (unpaired) electrons. The van der Waals surface area contributed by atoms with E-state index in [1.807, 2.05) is 24.3 Å². The quantitative estimate of drug-likeness (QED) is 0.544. The second-order valence-electron chi connectivity index (χ2n) is 9.36. The fraction of sp³-hybridized carbons (Fsp3) is 0.308. The molecule has 1 aliphatic carbocycles. The van der Waals surface area contributed by atoms with E-state index in [4.69, 9.17) is 4.74 Å². The van der Waals surface area contributed by atoms with Crippen LogP contribution in [0, 0.1) is 23.5 Å². The van der Waals surface area contributed by atoms with Gasteiger partial charge in [0, 0.05) is 53.1 Å². The number of hydrogen-bond acceptors (Lipinski definition) is 6. The molecule has 1 fully saturated rings. The minimum atomic E-state index is -0.915. The first kappa shape index (κ1) is 22.9. The number of ether oxygens (including phenoxy) is 1. The standard InChI is InChI=1S/C26H23F2N3O4S/c27-19-9-21(17-8-14-3-1-2-4-22(14)36-12-18(17)23(19)28)35-11-16-7-15(16)10-30-13-29-31-6-5-20(32)25(33)24(31)26(30)34/h1-6,9,15-16,29,33H,7-8,10-13H2/t15-,16-/m1/s1. The molecule has 1 saturated carbocycles. The molecule has 2 atom stereocenters. The number of aromatic nitrogens is 1. The van der Waals surface area contributed by atoms with E-state index < -0.39 is 28.7 Å². The summed E-state index contributed by atoms with van der Waals surface area (Å²) < 4.78 is 36.5. The van der Waals surface area contributed by atoms with Crippen molar-refractivity contribution in [1.82, 2.24) is 9.58 Å². The third kappa shape index (κ3) is 3.99. The Labute approximate surface area is 209 Å². The molecule has 6 rings (SSSR count). The molecule has 0 spiro atoms. The number of thioether (sulfide) groups is 1. The van der Waals surface area contributed by atoms with Crippen LogP contribution in [0.1, 0.15) is 33.6 Å². The van der Waals surface area contributed by atoms with E-state index >= 15 is 0 Å². The summed E-state index contributed by atoms with van der Waals surface area (Å²) in [5, 5.41) is 10.1. The first-order chi connectivity index (χ1) is 17.4. The summed E-state index contributed by atoms with van der Waals surface area (Å²) in [5.41, 5.74) is 4.38. The van der Waals surface area contributed by atoms with Crippen molar-refractivity contribution in [3.63, 3.8) is 0 Å². The zero-order valence-electron chi connectivity index (χ0n) is 19.2. The number of hydrogen-bond donors (Lipinski definition) is 2. The van der Waals surface area contributed by atoms with E-state index in [1.54, 1.807) is 4.90 Å². The first-order valence-corrected chi connectivity index (χ1v) is 12.7. The Bertz CT molecular complexity index is 1440. The predicted molar refractivity (Wildman–Crippen MR) is 130 cm³/mol. The fourth-order valence-corrected chi connectivity index (χ4v) is 6.01. The fourth-order valence-electron chi connectivity index (χ4n) is 4.91. The summed E-state index contributed by atoms with van der Waals surface area (Å²) in [5.74, 6) is -1.71. The molecule has 2 aromatic carbocycles. The zero-order valence-corrected chi connectivity index (χ0v) is 20.0. The number of carbonyl (C=O) groups is 1. The van der Waals surface area contributed by atoms with Crippen LogP contribution in [-0.4, -0.2) is 40.4 Å². The zero-order chi connectivity index (χ0) is 25.0. The van der Waals surface area contributed by atoms with Crippen molar-refractivity contribution in [2.75, 3.05) is 25.2 Å². The average molecular weight is 512 g/mol. The number of aromatic hydroxyl groups is 1. The van der Waals surface area contributed by atoms with Gasteiger partial charge in [-0.2, -0.15) is 0 Å². The SMILES string of the molecule is O=C1c2c(O)c(=O)ccn2NCN1C[C@H]1C[C@@H]1COc1cc(F)c(F)c2c1Cc1ccccc1SC2. The van der Waals surface area contributed by atoms with Gasteiger partial charge in [0.25, 0.3) is 5.91 Å². The summed E-state index contributed by atoms with van der Waals surface area (Å²) in [7, 11) is 0. The van der Waals surface area contributed by atoms with Gasteiger partial charge in [-0.3, -0.25) is 14.3 Å². The Morgan fingerprint density at radius 3 is 2.83 bits per heavy atom. The molecule has 2 aliphatic heterocycles. The van der Waals surface area contributed by atoms with Crippen LogP contribution in [0.25, 0.3) is 0 Å². The van der Waals surface area contributed by atoms with E-state index in [9.17, 15) is 23.5 Å². The molecule has 0 bridgehead atoms. The molecule has 7 nitrogen and oxygen atoms in total. The van der Waals surface area contributed by atoms with Gasteiger partial charge in [0.1, 0.15) is 12.4 Å². The van der Waals surface area contributed by atoms with Gasteiger partial charge in [-0.05, 0) is 29.9 Å². The molecule has 36 heavy (non-hydrogen) atoms. The lowest BCUT2D eigenvalue weighted by atomic mass is 9.99. The monoisotopic (exact) mass is 511 g/mol. The van der Waals surface area contributed by atoms with Gasteiger partial charge in [0.05, 0.1) is 6.61 Å². The highest BCUT2D eigenvalue weighted by Gasteiger charge is 2.41. The molecular weight excluding hydrogens is 488 g/mol. The maximum Gasteiger partial charge on any atom is 0.277 e. The number of nitrogens with one attached hydrogen (secondary N) is 1. The number of amides is 1. The van der Waals surface area contributed by atoms with E-state index in [2.05, 4.69) is 5.43 Å². The van der Waals surface area contributed by atoms with Crippen LogP contribution in [0.15, 0.2) is 52.3 Å². The molecule has 0 saturated heterocycles. The van der Waals surface area contributed by atoms with E-state index in [0.29, 0.717) is 42.2 Å². The summed E-state index contributed by atoms with van der Waals surface area (Å²) >= 11 is 1.49. The summed E-state index contributed by atoms with van der Waals surface area (Å²) in [6.45, 7) is 1.00. The van der Waals surface area contributed by atoms with Crippen molar-refractivity contribution in [3.05, 3.63) is 86.8 Å². The third-order valence-corrected chi connectivity index (χ3v) is 8.22. The highest BCUT2D eigenvalue weighted by Crippen LogP contribution is 2.42. The molecular formula is C26H23F2N3O4S. The van der Waals surface area contributed by atoms with Gasteiger partial charge in [0.15, 0.2) is 23.1 Å². The van der Waals surface area contributed by atoms with Gasteiger partial charge in [-0.25, -0.2) is 8.78 Å². The van der Waals surface area contributed by atoms with Crippen molar-refractivity contribution in [1.29, 1.82) is 0 Å². The van der Waals surface area contributed by atoms with Crippen molar-refractivity contribution >= 4 is 17.7 Å². The number of benzene rings is 2. The van der Waals surface area contributed by atoms with E-state index in [1.165, 1.54) is 28.7 Å². The third-order valence-electron chi connectivity index (χ3n) is 7.08. The summed E-state index contributed by atoms with van der Waals surface area (Å²) in [6.07, 6.45) is 2.71. The lowest BCUT2D eigenvalue weighted by Gasteiger charge is -2.31. The number of halogens is 2. The molecule has 1 amide bonds. The topological polar surface area (TPSA) is 83.8 Å². The number of carbonyl (C=O) groups excluding carboxylic acids is 1. The van der Waals surface area contributed by atoms with Gasteiger partial charge in [-0.15, -0.1) is 11.8 Å². The van der Waals surface area contributed by atoms with E-state index in [-0.39, 0.29) is 24.2 Å². The van der Waals surface area contributed by atoms with Crippen molar-refractivity contribution in [2.45, 2.75) is 23.5 Å². The molecule has 3 aliphatic rings. The molecule has 0 unspecified atom stereocenters. The van der Waals surface area contributed by atoms with Crippen LogP contribution >= 0.6 is 11.8 Å². The minimum Gasteiger partial charge on any atom is -0.502 e. The smallest absolute Gasteiger partial charge is 0.277 e. The molecule has 3 heterocycles. The minimum absolute atomic E-state index is 0.0789. The summed E-state index contributed by atoms with van der Waals surface area (Å²) in [4.78, 5) is 27.2. The predicted octanol–water partition coefficient (Wildman–Crippen LogP) is 3.70. The molecule has 1 aromatic heterocycles. The lowest BCUT2D eigenvalue weighted by Crippen LogP contribution is -2.47. The largest absolute Gasteiger partial charge is 0.502 e. The Kier molecular flexibility index (Phi) is 5.63. The summed E-state index contributed by atoms with van der Waals surface area (Å²) in [6, 6.07) is 10.2. The lowest BCUT2D eigenvalue weighted by molar-refractivity contribution is 0.0709. The number of pyridine rings is 1.